The van der Waals surface area contributed by atoms with Gasteiger partial charge in [-0.25, -0.2) is 0 Å². The van der Waals surface area contributed by atoms with Gasteiger partial charge in [0, 0.05) is 22.5 Å². The molecule has 0 spiro atoms. The molecule has 0 N–H and O–H groups in total. The van der Waals surface area contributed by atoms with Gasteiger partial charge in [0.1, 0.15) is 0 Å². The fourth-order valence-electron chi connectivity index (χ4n) is 9.40. The third-order valence-electron chi connectivity index (χ3n) is 12.2. The summed E-state index contributed by atoms with van der Waals surface area (Å²) < 4.78 is 0. The van der Waals surface area contributed by atoms with Gasteiger partial charge in [0.25, 0.3) is 0 Å². The van der Waals surface area contributed by atoms with Gasteiger partial charge in [0.2, 0.25) is 0 Å². The smallest absolute Gasteiger partial charge is 0.0468 e. The Kier molecular flexibility index (Phi) is 7.28. The van der Waals surface area contributed by atoms with Crippen molar-refractivity contribution in [2.75, 3.05) is 4.90 Å². The SMILES string of the molecule is CC1(C)c2ccccc2-c2cc(N(c3ccc(-c4ccc5c(ccc6ccc7ccccc7c65)c4)cc3)c3cccc(-c4cccc5ccccc45)c3)ccc21. The zero-order chi connectivity index (χ0) is 37.4. The van der Waals surface area contributed by atoms with Crippen molar-refractivity contribution in [3.05, 3.63) is 211 Å². The molecule has 0 aromatic heterocycles. The summed E-state index contributed by atoms with van der Waals surface area (Å²) in [6.45, 7) is 4.69. The van der Waals surface area contributed by atoms with Crippen LogP contribution in [0.1, 0.15) is 25.0 Å². The van der Waals surface area contributed by atoms with Crippen LogP contribution in [0.15, 0.2) is 200 Å². The van der Waals surface area contributed by atoms with E-state index in [-0.39, 0.29) is 5.41 Å². The van der Waals surface area contributed by atoms with Crippen molar-refractivity contribution in [1.82, 2.24) is 0 Å². The van der Waals surface area contributed by atoms with Crippen LogP contribution in [0.4, 0.5) is 17.1 Å². The van der Waals surface area contributed by atoms with E-state index in [0.29, 0.717) is 0 Å². The molecule has 264 valence electrons. The van der Waals surface area contributed by atoms with Gasteiger partial charge < -0.3 is 4.90 Å². The molecule has 0 radical (unpaired) electrons. The van der Waals surface area contributed by atoms with E-state index in [0.717, 1.165) is 17.1 Å². The van der Waals surface area contributed by atoms with E-state index in [1.54, 1.807) is 0 Å². The van der Waals surface area contributed by atoms with Gasteiger partial charge in [-0.3, -0.25) is 0 Å². The first kappa shape index (κ1) is 32.5. The molecule has 10 aromatic rings. The highest BCUT2D eigenvalue weighted by atomic mass is 15.1. The third-order valence-corrected chi connectivity index (χ3v) is 12.2. The van der Waals surface area contributed by atoms with E-state index in [9.17, 15) is 0 Å². The molecule has 0 atom stereocenters. The van der Waals surface area contributed by atoms with E-state index in [1.165, 1.54) is 87.6 Å². The summed E-state index contributed by atoms with van der Waals surface area (Å²) in [5.41, 5.74) is 13.6. The summed E-state index contributed by atoms with van der Waals surface area (Å²) in [6.07, 6.45) is 0. The van der Waals surface area contributed by atoms with Crippen LogP contribution in [-0.4, -0.2) is 0 Å². The second-order valence-electron chi connectivity index (χ2n) is 15.7. The van der Waals surface area contributed by atoms with Crippen LogP contribution in [-0.2, 0) is 5.41 Å². The first-order valence-electron chi connectivity index (χ1n) is 19.6. The van der Waals surface area contributed by atoms with Crippen molar-refractivity contribution in [2.24, 2.45) is 0 Å². The zero-order valence-electron chi connectivity index (χ0n) is 31.5. The van der Waals surface area contributed by atoms with Crippen molar-refractivity contribution < 1.29 is 0 Å². The summed E-state index contributed by atoms with van der Waals surface area (Å²) in [5, 5.41) is 10.2. The predicted octanol–water partition coefficient (Wildman–Crippen LogP) is 15.4. The lowest BCUT2D eigenvalue weighted by Gasteiger charge is -2.28. The Hall–Kier alpha value is -6.96. The molecule has 56 heavy (non-hydrogen) atoms. The van der Waals surface area contributed by atoms with Crippen LogP contribution >= 0.6 is 0 Å². The molecule has 0 heterocycles. The summed E-state index contributed by atoms with van der Waals surface area (Å²) in [5.74, 6) is 0. The van der Waals surface area contributed by atoms with E-state index in [4.69, 9.17) is 0 Å². The lowest BCUT2D eigenvalue weighted by atomic mass is 9.82. The Morgan fingerprint density at radius 3 is 1.77 bits per heavy atom. The molecule has 1 nitrogen and oxygen atoms in total. The Labute approximate surface area is 327 Å². The summed E-state index contributed by atoms with van der Waals surface area (Å²) >= 11 is 0. The van der Waals surface area contributed by atoms with E-state index >= 15 is 0 Å². The van der Waals surface area contributed by atoms with E-state index in [2.05, 4.69) is 219 Å². The monoisotopic (exact) mass is 713 g/mol. The molecular formula is C55H39N. The van der Waals surface area contributed by atoms with Crippen molar-refractivity contribution in [2.45, 2.75) is 19.3 Å². The highest BCUT2D eigenvalue weighted by Gasteiger charge is 2.35. The quantitative estimate of drug-likeness (QED) is 0.161. The highest BCUT2D eigenvalue weighted by Crippen LogP contribution is 2.51. The number of fused-ring (bicyclic) bond motifs is 9. The van der Waals surface area contributed by atoms with Crippen LogP contribution in [0.5, 0.6) is 0 Å². The molecule has 0 unspecified atom stereocenters. The molecule has 1 aliphatic carbocycles. The minimum Gasteiger partial charge on any atom is -0.310 e. The first-order valence-corrected chi connectivity index (χ1v) is 19.6. The molecule has 1 aliphatic rings. The highest BCUT2D eigenvalue weighted by molar-refractivity contribution is 6.20. The summed E-state index contributed by atoms with van der Waals surface area (Å²) in [7, 11) is 0. The number of anilines is 3. The lowest BCUT2D eigenvalue weighted by Crippen LogP contribution is -2.15. The van der Waals surface area contributed by atoms with Gasteiger partial charge in [-0.15, -0.1) is 0 Å². The second kappa shape index (κ2) is 12.5. The van der Waals surface area contributed by atoms with Crippen molar-refractivity contribution in [3.63, 3.8) is 0 Å². The average Bonchev–Trinajstić information content (AvgIpc) is 3.48. The van der Waals surface area contributed by atoms with Crippen molar-refractivity contribution in [3.8, 4) is 33.4 Å². The number of hydrogen-bond acceptors (Lipinski definition) is 1. The summed E-state index contributed by atoms with van der Waals surface area (Å²) in [4.78, 5) is 2.42. The minimum absolute atomic E-state index is 0.0511. The Morgan fingerprint density at radius 2 is 0.911 bits per heavy atom. The van der Waals surface area contributed by atoms with Crippen LogP contribution in [0.2, 0.25) is 0 Å². The molecule has 0 saturated carbocycles. The van der Waals surface area contributed by atoms with Crippen molar-refractivity contribution >= 4 is 60.2 Å². The fraction of sp³-hybridized carbons (Fsp3) is 0.0545. The number of nitrogens with zero attached hydrogens (tertiary/aromatic N) is 1. The van der Waals surface area contributed by atoms with Gasteiger partial charge in [-0.2, -0.15) is 0 Å². The van der Waals surface area contributed by atoms with Crippen LogP contribution in [0, 0.1) is 0 Å². The maximum atomic E-state index is 2.42. The minimum atomic E-state index is -0.0511. The summed E-state index contributed by atoms with van der Waals surface area (Å²) in [6, 6.07) is 74.0. The van der Waals surface area contributed by atoms with Crippen LogP contribution in [0.3, 0.4) is 0 Å². The fourth-order valence-corrected chi connectivity index (χ4v) is 9.40. The van der Waals surface area contributed by atoms with Gasteiger partial charge >= 0.3 is 0 Å². The van der Waals surface area contributed by atoms with Gasteiger partial charge in [0.15, 0.2) is 0 Å². The lowest BCUT2D eigenvalue weighted by molar-refractivity contribution is 0.660. The Bertz CT molecular complexity index is 3160. The predicted molar refractivity (Wildman–Crippen MR) is 240 cm³/mol. The zero-order valence-corrected chi connectivity index (χ0v) is 31.5. The molecule has 0 fully saturated rings. The molecule has 0 saturated heterocycles. The Balaban J connectivity index is 1.04. The van der Waals surface area contributed by atoms with Gasteiger partial charge in [0.05, 0.1) is 0 Å². The molecule has 0 aliphatic heterocycles. The molecule has 0 bridgehead atoms. The normalized spacial score (nSPS) is 13.0. The maximum Gasteiger partial charge on any atom is 0.0468 e. The largest absolute Gasteiger partial charge is 0.310 e. The number of rotatable bonds is 5. The number of hydrogen-bond donors (Lipinski definition) is 0. The van der Waals surface area contributed by atoms with Gasteiger partial charge in [-0.05, 0) is 130 Å². The van der Waals surface area contributed by atoms with Gasteiger partial charge in [-0.1, -0.05) is 172 Å². The standard InChI is InChI=1S/C55H39N/c1-55(2)52-20-8-7-18-50(52)51-35-45(30-32-53(51)55)56(44-15-9-14-41(34-44)47-19-10-13-37-11-3-5-16-46(37)47)43-28-25-36(26-29-43)40-27-31-49-42(33-40)24-23-39-22-21-38-12-4-6-17-48(38)54(39)49/h3-35H,1-2H3. The molecule has 10 aromatic carbocycles. The third kappa shape index (κ3) is 5.08. The maximum absolute atomic E-state index is 2.42. The number of benzene rings is 10. The van der Waals surface area contributed by atoms with Crippen molar-refractivity contribution in [1.29, 1.82) is 0 Å². The van der Waals surface area contributed by atoms with E-state index < -0.39 is 0 Å². The van der Waals surface area contributed by atoms with Crippen LogP contribution in [0.25, 0.3) is 76.5 Å². The molecule has 1 heteroatoms. The second-order valence-corrected chi connectivity index (χ2v) is 15.7. The topological polar surface area (TPSA) is 3.24 Å². The molecular weight excluding hydrogens is 675 g/mol. The molecule has 0 amide bonds. The molecule has 11 rings (SSSR count). The Morgan fingerprint density at radius 1 is 0.321 bits per heavy atom. The van der Waals surface area contributed by atoms with E-state index in [1.807, 2.05) is 0 Å². The average molecular weight is 714 g/mol. The first-order chi connectivity index (χ1) is 27.5. The van der Waals surface area contributed by atoms with Crippen LogP contribution < -0.4 is 4.90 Å².